The van der Waals surface area contributed by atoms with Gasteiger partial charge in [-0.2, -0.15) is 0 Å². The van der Waals surface area contributed by atoms with Gasteiger partial charge < -0.3 is 10.6 Å². The molecule has 1 rings (SSSR count). The summed E-state index contributed by atoms with van der Waals surface area (Å²) < 4.78 is 0. The van der Waals surface area contributed by atoms with E-state index in [1.165, 1.54) is 0 Å². The van der Waals surface area contributed by atoms with Crippen molar-refractivity contribution < 1.29 is 9.59 Å². The van der Waals surface area contributed by atoms with E-state index >= 15 is 0 Å². The molecular formula is C9H16N2O2. The smallest absolute Gasteiger partial charge is 0.230 e. The molecular weight excluding hydrogens is 168 g/mol. The number of amides is 1. The molecule has 1 fully saturated rings. The van der Waals surface area contributed by atoms with Crippen molar-refractivity contribution in [2.75, 3.05) is 19.6 Å². The van der Waals surface area contributed by atoms with E-state index in [4.69, 9.17) is 5.73 Å². The molecule has 0 saturated carbocycles. The Hall–Kier alpha value is -0.900. The minimum absolute atomic E-state index is 0.0160. The molecule has 0 aromatic carbocycles. The number of Topliss-reactive ketones (excluding diaryl/α,β-unsaturated/α-hetero) is 1. The van der Waals surface area contributed by atoms with E-state index in [0.717, 1.165) is 19.3 Å². The summed E-state index contributed by atoms with van der Waals surface area (Å²) in [6, 6.07) is 0. The summed E-state index contributed by atoms with van der Waals surface area (Å²) in [5, 5.41) is 0. The number of hydrogen-bond donors (Lipinski definition) is 1. The second-order valence-corrected chi connectivity index (χ2v) is 3.38. The molecule has 2 N–H and O–H groups in total. The molecule has 1 aliphatic rings. The molecule has 4 heteroatoms. The van der Waals surface area contributed by atoms with Gasteiger partial charge in [-0.25, -0.2) is 0 Å². The van der Waals surface area contributed by atoms with Crippen LogP contribution >= 0.6 is 0 Å². The summed E-state index contributed by atoms with van der Waals surface area (Å²) >= 11 is 0. The largest absolute Gasteiger partial charge is 0.335 e. The number of carbonyl (C=O) groups is 2. The second-order valence-electron chi connectivity index (χ2n) is 3.38. The molecule has 0 spiro atoms. The molecule has 0 atom stereocenters. The van der Waals surface area contributed by atoms with Gasteiger partial charge in [-0.3, -0.25) is 9.59 Å². The van der Waals surface area contributed by atoms with Crippen molar-refractivity contribution in [3.8, 4) is 0 Å². The zero-order chi connectivity index (χ0) is 9.68. The van der Waals surface area contributed by atoms with E-state index in [0.29, 0.717) is 19.6 Å². The predicted octanol–water partition coefficient (Wildman–Crippen LogP) is -0.0832. The number of rotatable bonds is 5. The first-order chi connectivity index (χ1) is 6.24. The molecule has 1 saturated heterocycles. The summed E-state index contributed by atoms with van der Waals surface area (Å²) in [4.78, 5) is 23.6. The molecule has 1 amide bonds. The minimum Gasteiger partial charge on any atom is -0.335 e. The molecule has 0 radical (unpaired) electrons. The highest BCUT2D eigenvalue weighted by Gasteiger charge is 2.26. The summed E-state index contributed by atoms with van der Waals surface area (Å²) in [5.74, 6) is 0.0292. The van der Waals surface area contributed by atoms with E-state index < -0.39 is 0 Å². The van der Waals surface area contributed by atoms with Gasteiger partial charge in [0.25, 0.3) is 0 Å². The van der Waals surface area contributed by atoms with E-state index in [1.54, 1.807) is 4.90 Å². The van der Waals surface area contributed by atoms with Crippen molar-refractivity contribution in [1.29, 1.82) is 0 Å². The Morgan fingerprint density at radius 1 is 1.23 bits per heavy atom. The number of carbonyl (C=O) groups excluding carboxylic acids is 2. The summed E-state index contributed by atoms with van der Waals surface area (Å²) in [5.41, 5.74) is 5.34. The van der Waals surface area contributed by atoms with Gasteiger partial charge in [0.15, 0.2) is 5.78 Å². The molecule has 0 aromatic rings. The van der Waals surface area contributed by atoms with Crippen molar-refractivity contribution in [2.24, 2.45) is 5.73 Å². The second kappa shape index (κ2) is 4.97. The van der Waals surface area contributed by atoms with Crippen molar-refractivity contribution in [1.82, 2.24) is 4.90 Å². The molecule has 4 nitrogen and oxygen atoms in total. The average molecular weight is 184 g/mol. The average Bonchev–Trinajstić information content (AvgIpc) is 2.39. The maximum Gasteiger partial charge on any atom is 0.230 e. The lowest BCUT2D eigenvalue weighted by molar-refractivity contribution is -0.127. The van der Waals surface area contributed by atoms with E-state index in [2.05, 4.69) is 0 Å². The Morgan fingerprint density at radius 3 is 2.54 bits per heavy atom. The third kappa shape index (κ3) is 3.14. The van der Waals surface area contributed by atoms with Gasteiger partial charge in [-0.05, 0) is 19.4 Å². The Kier molecular flexibility index (Phi) is 3.89. The fraction of sp³-hybridized carbons (Fsp3) is 0.778. The first-order valence-electron chi connectivity index (χ1n) is 4.73. The van der Waals surface area contributed by atoms with Gasteiger partial charge in [0.05, 0.1) is 13.0 Å². The van der Waals surface area contributed by atoms with Crippen LogP contribution < -0.4 is 5.73 Å². The highest BCUT2D eigenvalue weighted by Crippen LogP contribution is 2.08. The lowest BCUT2D eigenvalue weighted by Gasteiger charge is -2.13. The maximum atomic E-state index is 11.1. The third-order valence-electron chi connectivity index (χ3n) is 2.20. The molecule has 0 bridgehead atoms. The number of nitrogens with two attached hydrogens (primary N) is 1. The van der Waals surface area contributed by atoms with Gasteiger partial charge in [0.2, 0.25) is 5.91 Å². The Balaban J connectivity index is 2.14. The zero-order valence-corrected chi connectivity index (χ0v) is 7.79. The van der Waals surface area contributed by atoms with Crippen molar-refractivity contribution >= 4 is 11.7 Å². The minimum atomic E-state index is -0.0160. The number of hydrogen-bond acceptors (Lipinski definition) is 3. The first-order valence-corrected chi connectivity index (χ1v) is 4.73. The summed E-state index contributed by atoms with van der Waals surface area (Å²) in [7, 11) is 0. The van der Waals surface area contributed by atoms with E-state index in [1.807, 2.05) is 0 Å². The van der Waals surface area contributed by atoms with Gasteiger partial charge in [-0.15, -0.1) is 0 Å². The van der Waals surface area contributed by atoms with E-state index in [9.17, 15) is 9.59 Å². The van der Waals surface area contributed by atoms with Crippen LogP contribution in [-0.2, 0) is 9.59 Å². The fourth-order valence-corrected chi connectivity index (χ4v) is 1.46. The van der Waals surface area contributed by atoms with Crippen molar-refractivity contribution in [3.63, 3.8) is 0 Å². The van der Waals surface area contributed by atoms with Crippen LogP contribution in [0.15, 0.2) is 0 Å². The lowest BCUT2D eigenvalue weighted by atomic mass is 10.2. The van der Waals surface area contributed by atoms with Crippen LogP contribution in [0, 0.1) is 0 Å². The standard InChI is InChI=1S/C9H16N2O2/c10-4-2-1-3-5-11-7-8(12)6-9(11)13/h1-7,10H2. The normalized spacial score (nSPS) is 17.2. The van der Waals surface area contributed by atoms with Crippen LogP contribution in [0.5, 0.6) is 0 Å². The monoisotopic (exact) mass is 184 g/mol. The van der Waals surface area contributed by atoms with Gasteiger partial charge in [-0.1, -0.05) is 6.42 Å². The highest BCUT2D eigenvalue weighted by atomic mass is 16.2. The molecule has 0 unspecified atom stereocenters. The molecule has 13 heavy (non-hydrogen) atoms. The molecule has 0 aromatic heterocycles. The van der Waals surface area contributed by atoms with Crippen LogP contribution in [0.25, 0.3) is 0 Å². The predicted molar refractivity (Wildman–Crippen MR) is 49.1 cm³/mol. The Labute approximate surface area is 78.1 Å². The summed E-state index contributed by atoms with van der Waals surface area (Å²) in [6.07, 6.45) is 3.09. The van der Waals surface area contributed by atoms with Crippen molar-refractivity contribution in [3.05, 3.63) is 0 Å². The van der Waals surface area contributed by atoms with Gasteiger partial charge in [0, 0.05) is 6.54 Å². The molecule has 1 aliphatic heterocycles. The van der Waals surface area contributed by atoms with Crippen LogP contribution in [0.4, 0.5) is 0 Å². The van der Waals surface area contributed by atoms with Crippen LogP contribution in [-0.4, -0.2) is 36.2 Å². The van der Waals surface area contributed by atoms with Crippen LogP contribution in [0.3, 0.4) is 0 Å². The quantitative estimate of drug-likeness (QED) is 0.480. The Morgan fingerprint density at radius 2 is 2.00 bits per heavy atom. The number of unbranched alkanes of at least 4 members (excludes halogenated alkanes) is 2. The van der Waals surface area contributed by atoms with Gasteiger partial charge in [0.1, 0.15) is 0 Å². The van der Waals surface area contributed by atoms with Crippen LogP contribution in [0.2, 0.25) is 0 Å². The van der Waals surface area contributed by atoms with Crippen molar-refractivity contribution in [2.45, 2.75) is 25.7 Å². The van der Waals surface area contributed by atoms with Gasteiger partial charge >= 0.3 is 0 Å². The first kappa shape index (κ1) is 10.2. The third-order valence-corrected chi connectivity index (χ3v) is 2.20. The number of likely N-dealkylation sites (tertiary alicyclic amines) is 1. The fourth-order valence-electron chi connectivity index (χ4n) is 1.46. The molecule has 0 aliphatic carbocycles. The van der Waals surface area contributed by atoms with Crippen LogP contribution in [0.1, 0.15) is 25.7 Å². The summed E-state index contributed by atoms with van der Waals surface area (Å²) in [6.45, 7) is 1.74. The Bertz CT molecular complexity index is 204. The highest BCUT2D eigenvalue weighted by molar-refractivity contribution is 6.05. The molecule has 74 valence electrons. The maximum absolute atomic E-state index is 11.1. The van der Waals surface area contributed by atoms with E-state index in [-0.39, 0.29) is 18.1 Å². The number of ketones is 1. The number of nitrogens with zero attached hydrogens (tertiary/aromatic N) is 1. The SMILES string of the molecule is NCCCCCN1CC(=O)CC1=O. The topological polar surface area (TPSA) is 63.4 Å². The lowest BCUT2D eigenvalue weighted by Crippen LogP contribution is -2.26. The molecule has 1 heterocycles. The zero-order valence-electron chi connectivity index (χ0n) is 7.79.